The average molecular weight is 306 g/mol. The van der Waals surface area contributed by atoms with E-state index in [9.17, 15) is 0 Å². The first-order valence-electron chi connectivity index (χ1n) is 7.28. The highest BCUT2D eigenvalue weighted by Gasteiger charge is 2.26. The van der Waals surface area contributed by atoms with Gasteiger partial charge >= 0.3 is 0 Å². The van der Waals surface area contributed by atoms with Crippen molar-refractivity contribution in [3.8, 4) is 0 Å². The van der Waals surface area contributed by atoms with Crippen LogP contribution in [0.25, 0.3) is 0 Å². The SMILES string of the molecule is CCC(NC1CCc2sc(Cl)cc21)c1ccc(C)cc1. The fraction of sp³-hybridized carbons (Fsp3) is 0.412. The lowest BCUT2D eigenvalue weighted by Gasteiger charge is -2.23. The molecule has 106 valence electrons. The van der Waals surface area contributed by atoms with Crippen molar-refractivity contribution < 1.29 is 0 Å². The zero-order valence-corrected chi connectivity index (χ0v) is 13.5. The minimum atomic E-state index is 0.422. The highest BCUT2D eigenvalue weighted by atomic mass is 35.5. The van der Waals surface area contributed by atoms with Gasteiger partial charge in [-0.05, 0) is 43.4 Å². The summed E-state index contributed by atoms with van der Waals surface area (Å²) in [5.41, 5.74) is 4.12. The van der Waals surface area contributed by atoms with Gasteiger partial charge in [0.25, 0.3) is 0 Å². The molecule has 2 aromatic rings. The van der Waals surface area contributed by atoms with E-state index in [1.807, 2.05) is 0 Å². The summed E-state index contributed by atoms with van der Waals surface area (Å²) in [6.07, 6.45) is 3.46. The second-order valence-electron chi connectivity index (χ2n) is 5.56. The number of benzene rings is 1. The zero-order valence-electron chi connectivity index (χ0n) is 11.9. The van der Waals surface area contributed by atoms with Crippen LogP contribution < -0.4 is 5.32 Å². The molecule has 0 saturated carbocycles. The van der Waals surface area contributed by atoms with E-state index in [4.69, 9.17) is 11.6 Å². The third kappa shape index (κ3) is 2.78. The maximum absolute atomic E-state index is 6.14. The van der Waals surface area contributed by atoms with E-state index in [1.165, 1.54) is 28.0 Å². The maximum atomic E-state index is 6.14. The summed E-state index contributed by atoms with van der Waals surface area (Å²) in [6.45, 7) is 4.38. The predicted octanol–water partition coefficient (Wildman–Crippen LogP) is 5.44. The Morgan fingerprint density at radius 1 is 1.35 bits per heavy atom. The summed E-state index contributed by atoms with van der Waals surface area (Å²) in [7, 11) is 0. The first-order chi connectivity index (χ1) is 9.67. The van der Waals surface area contributed by atoms with Crippen molar-refractivity contribution >= 4 is 22.9 Å². The first-order valence-corrected chi connectivity index (χ1v) is 8.47. The molecule has 0 aliphatic heterocycles. The molecule has 1 nitrogen and oxygen atoms in total. The zero-order chi connectivity index (χ0) is 14.1. The van der Waals surface area contributed by atoms with Gasteiger partial charge in [-0.3, -0.25) is 0 Å². The molecule has 2 unspecified atom stereocenters. The lowest BCUT2D eigenvalue weighted by Crippen LogP contribution is -2.24. The van der Waals surface area contributed by atoms with Gasteiger partial charge in [-0.1, -0.05) is 48.4 Å². The molecule has 1 heterocycles. The first kappa shape index (κ1) is 14.1. The number of thiophene rings is 1. The Morgan fingerprint density at radius 2 is 2.10 bits per heavy atom. The quantitative estimate of drug-likeness (QED) is 0.793. The smallest absolute Gasteiger partial charge is 0.0934 e. The summed E-state index contributed by atoms with van der Waals surface area (Å²) in [4.78, 5) is 1.46. The highest BCUT2D eigenvalue weighted by molar-refractivity contribution is 7.16. The molecule has 3 rings (SSSR count). The molecule has 1 aliphatic rings. The fourth-order valence-corrected chi connectivity index (χ4v) is 4.35. The van der Waals surface area contributed by atoms with Crippen molar-refractivity contribution in [3.63, 3.8) is 0 Å². The predicted molar refractivity (Wildman–Crippen MR) is 87.7 cm³/mol. The van der Waals surface area contributed by atoms with Crippen LogP contribution in [-0.2, 0) is 6.42 Å². The summed E-state index contributed by atoms with van der Waals surface area (Å²) in [6, 6.07) is 11.9. The van der Waals surface area contributed by atoms with Crippen LogP contribution in [0.1, 0.15) is 53.4 Å². The Bertz CT molecular complexity index is 588. The van der Waals surface area contributed by atoms with Crippen molar-refractivity contribution in [2.75, 3.05) is 0 Å². The number of hydrogen-bond acceptors (Lipinski definition) is 2. The number of fused-ring (bicyclic) bond motifs is 1. The Kier molecular flexibility index (Phi) is 4.16. The molecule has 2 atom stereocenters. The number of hydrogen-bond donors (Lipinski definition) is 1. The molecule has 20 heavy (non-hydrogen) atoms. The van der Waals surface area contributed by atoms with E-state index >= 15 is 0 Å². The van der Waals surface area contributed by atoms with Crippen molar-refractivity contribution in [1.29, 1.82) is 0 Å². The number of aryl methyl sites for hydroxylation is 2. The largest absolute Gasteiger partial charge is 0.303 e. The summed E-state index contributed by atoms with van der Waals surface area (Å²) < 4.78 is 0.921. The van der Waals surface area contributed by atoms with Crippen LogP contribution in [0, 0.1) is 6.92 Å². The van der Waals surface area contributed by atoms with Gasteiger partial charge in [0.15, 0.2) is 0 Å². The van der Waals surface area contributed by atoms with Crippen LogP contribution in [0.2, 0.25) is 4.34 Å². The molecule has 0 fully saturated rings. The minimum absolute atomic E-state index is 0.422. The van der Waals surface area contributed by atoms with Crippen LogP contribution >= 0.6 is 22.9 Å². The number of rotatable bonds is 4. The lowest BCUT2D eigenvalue weighted by atomic mass is 10.0. The van der Waals surface area contributed by atoms with Crippen LogP contribution in [-0.4, -0.2) is 0 Å². The molecule has 1 N–H and O–H groups in total. The summed E-state index contributed by atoms with van der Waals surface area (Å²) in [5.74, 6) is 0. The van der Waals surface area contributed by atoms with Crippen LogP contribution in [0.4, 0.5) is 0 Å². The minimum Gasteiger partial charge on any atom is -0.303 e. The molecule has 0 radical (unpaired) electrons. The third-order valence-electron chi connectivity index (χ3n) is 4.14. The molecule has 0 saturated heterocycles. The van der Waals surface area contributed by atoms with Gasteiger partial charge < -0.3 is 5.32 Å². The van der Waals surface area contributed by atoms with E-state index in [1.54, 1.807) is 11.3 Å². The maximum Gasteiger partial charge on any atom is 0.0934 e. The van der Waals surface area contributed by atoms with E-state index < -0.39 is 0 Å². The van der Waals surface area contributed by atoms with E-state index in [0.29, 0.717) is 12.1 Å². The van der Waals surface area contributed by atoms with Gasteiger partial charge in [0, 0.05) is 17.0 Å². The Balaban J connectivity index is 1.77. The Hall–Kier alpha value is -0.830. The van der Waals surface area contributed by atoms with Crippen molar-refractivity contribution in [2.45, 2.75) is 45.2 Å². The van der Waals surface area contributed by atoms with Crippen LogP contribution in [0.5, 0.6) is 0 Å². The fourth-order valence-electron chi connectivity index (χ4n) is 2.99. The van der Waals surface area contributed by atoms with Gasteiger partial charge in [-0.25, -0.2) is 0 Å². The number of halogens is 1. The molecule has 1 aromatic carbocycles. The van der Waals surface area contributed by atoms with E-state index in [2.05, 4.69) is 49.5 Å². The van der Waals surface area contributed by atoms with Gasteiger partial charge in [-0.2, -0.15) is 0 Å². The lowest BCUT2D eigenvalue weighted by molar-refractivity contribution is 0.433. The molecule has 3 heteroatoms. The standard InChI is InChI=1S/C17H20ClNS/c1-3-14(12-6-4-11(2)5-7-12)19-15-8-9-16-13(15)10-17(18)20-16/h4-7,10,14-15,19H,3,8-9H2,1-2H3. The highest BCUT2D eigenvalue weighted by Crippen LogP contribution is 2.40. The second kappa shape index (κ2) is 5.88. The molecule has 0 bridgehead atoms. The molecule has 0 amide bonds. The van der Waals surface area contributed by atoms with Crippen molar-refractivity contribution in [3.05, 3.63) is 56.2 Å². The van der Waals surface area contributed by atoms with Crippen LogP contribution in [0.3, 0.4) is 0 Å². The van der Waals surface area contributed by atoms with E-state index in [0.717, 1.165) is 17.2 Å². The van der Waals surface area contributed by atoms with Crippen molar-refractivity contribution in [1.82, 2.24) is 5.32 Å². The van der Waals surface area contributed by atoms with Gasteiger partial charge in [0.1, 0.15) is 0 Å². The third-order valence-corrected chi connectivity index (χ3v) is 5.48. The van der Waals surface area contributed by atoms with Gasteiger partial charge in [0.05, 0.1) is 4.34 Å². The molecular weight excluding hydrogens is 286 g/mol. The molecule has 1 aliphatic carbocycles. The molecule has 0 spiro atoms. The number of nitrogens with one attached hydrogen (secondary N) is 1. The van der Waals surface area contributed by atoms with Crippen molar-refractivity contribution in [2.24, 2.45) is 0 Å². The Morgan fingerprint density at radius 3 is 2.80 bits per heavy atom. The summed E-state index contributed by atoms with van der Waals surface area (Å²) in [5, 5.41) is 3.82. The molecule has 1 aromatic heterocycles. The average Bonchev–Trinajstić information content (AvgIpc) is 2.97. The van der Waals surface area contributed by atoms with Gasteiger partial charge in [-0.15, -0.1) is 11.3 Å². The van der Waals surface area contributed by atoms with E-state index in [-0.39, 0.29) is 0 Å². The Labute approximate surface area is 130 Å². The monoisotopic (exact) mass is 305 g/mol. The van der Waals surface area contributed by atoms with Gasteiger partial charge in [0.2, 0.25) is 0 Å². The molecular formula is C17H20ClNS. The topological polar surface area (TPSA) is 12.0 Å². The normalized spacial score (nSPS) is 19.1. The summed E-state index contributed by atoms with van der Waals surface area (Å²) >= 11 is 7.88. The second-order valence-corrected chi connectivity index (χ2v) is 7.33. The van der Waals surface area contributed by atoms with Crippen LogP contribution in [0.15, 0.2) is 30.3 Å².